The van der Waals surface area contributed by atoms with Crippen molar-refractivity contribution in [3.8, 4) is 11.8 Å². The van der Waals surface area contributed by atoms with Crippen LogP contribution in [0.2, 0.25) is 0 Å². The van der Waals surface area contributed by atoms with Crippen molar-refractivity contribution in [2.45, 2.75) is 26.4 Å². The molecule has 2 aromatic rings. The number of aryl methyl sites for hydroxylation is 1. The van der Waals surface area contributed by atoms with E-state index in [1.165, 1.54) is 6.92 Å². The predicted octanol–water partition coefficient (Wildman–Crippen LogP) is 3.21. The molecule has 0 unspecified atom stereocenters. The van der Waals surface area contributed by atoms with Crippen molar-refractivity contribution in [2.24, 2.45) is 0 Å². The fourth-order valence-corrected chi connectivity index (χ4v) is 2.11. The molecule has 2 rings (SSSR count). The number of carbonyl (C=O) groups is 2. The Morgan fingerprint density at radius 1 is 1.19 bits per heavy atom. The molecule has 0 aliphatic heterocycles. The molecule has 1 N–H and O–H groups in total. The first kappa shape index (κ1) is 19.0. The second kappa shape index (κ2) is 9.23. The largest absolute Gasteiger partial charge is 0.493 e. The topological polar surface area (TPSA) is 88.4 Å². The van der Waals surface area contributed by atoms with Gasteiger partial charge in [0.1, 0.15) is 5.75 Å². The van der Waals surface area contributed by atoms with Gasteiger partial charge in [0.2, 0.25) is 0 Å². The van der Waals surface area contributed by atoms with Crippen molar-refractivity contribution < 1.29 is 19.1 Å². The van der Waals surface area contributed by atoms with Gasteiger partial charge in [0, 0.05) is 5.69 Å². The van der Waals surface area contributed by atoms with Gasteiger partial charge in [-0.3, -0.25) is 9.59 Å². The molecule has 0 spiro atoms. The summed E-state index contributed by atoms with van der Waals surface area (Å²) in [7, 11) is 0. The maximum atomic E-state index is 12.1. The van der Waals surface area contributed by atoms with Crippen LogP contribution in [0.25, 0.3) is 0 Å². The van der Waals surface area contributed by atoms with Gasteiger partial charge >= 0.3 is 5.97 Å². The Balaban J connectivity index is 1.75. The molecule has 0 heterocycles. The fraction of sp³-hybridized carbons (Fsp3) is 0.250. The summed E-state index contributed by atoms with van der Waals surface area (Å²) in [6.45, 7) is 3.63. The van der Waals surface area contributed by atoms with Crippen molar-refractivity contribution in [2.75, 3.05) is 11.9 Å². The molecule has 0 bridgehead atoms. The third kappa shape index (κ3) is 5.95. The van der Waals surface area contributed by atoms with Crippen molar-refractivity contribution in [1.82, 2.24) is 0 Å². The molecule has 26 heavy (non-hydrogen) atoms. The van der Waals surface area contributed by atoms with Gasteiger partial charge in [0.15, 0.2) is 6.10 Å². The Morgan fingerprint density at radius 2 is 1.92 bits per heavy atom. The van der Waals surface area contributed by atoms with Crippen molar-refractivity contribution in [3.63, 3.8) is 0 Å². The number of rotatable bonds is 7. The van der Waals surface area contributed by atoms with Gasteiger partial charge in [0.25, 0.3) is 5.91 Å². The average molecular weight is 352 g/mol. The van der Waals surface area contributed by atoms with Crippen LogP contribution in [-0.4, -0.2) is 24.6 Å². The molecule has 1 atom stereocenters. The van der Waals surface area contributed by atoms with E-state index in [9.17, 15) is 9.59 Å². The second-order valence-electron chi connectivity index (χ2n) is 5.73. The summed E-state index contributed by atoms with van der Waals surface area (Å²) in [6.07, 6.45) is -0.914. The van der Waals surface area contributed by atoms with E-state index in [-0.39, 0.29) is 13.0 Å². The number of nitrogens with zero attached hydrogens (tertiary/aromatic N) is 1. The number of ether oxygens (including phenoxy) is 2. The van der Waals surface area contributed by atoms with E-state index < -0.39 is 18.0 Å². The molecule has 0 fully saturated rings. The highest BCUT2D eigenvalue weighted by molar-refractivity contribution is 5.95. The second-order valence-corrected chi connectivity index (χ2v) is 5.73. The number of esters is 1. The minimum absolute atomic E-state index is 0.0371. The smallest absolute Gasteiger partial charge is 0.310 e. The molecule has 0 aliphatic carbocycles. The molecule has 134 valence electrons. The van der Waals surface area contributed by atoms with Gasteiger partial charge in [-0.15, -0.1) is 0 Å². The highest BCUT2D eigenvalue weighted by atomic mass is 16.5. The summed E-state index contributed by atoms with van der Waals surface area (Å²) < 4.78 is 10.6. The summed E-state index contributed by atoms with van der Waals surface area (Å²) in [5, 5.41) is 11.5. The predicted molar refractivity (Wildman–Crippen MR) is 96.6 cm³/mol. The minimum Gasteiger partial charge on any atom is -0.493 e. The van der Waals surface area contributed by atoms with Crippen molar-refractivity contribution in [3.05, 3.63) is 59.7 Å². The van der Waals surface area contributed by atoms with E-state index in [0.717, 1.165) is 5.56 Å². The molecule has 0 radical (unpaired) electrons. The van der Waals surface area contributed by atoms with E-state index >= 15 is 0 Å². The Bertz CT molecular complexity index is 809. The lowest BCUT2D eigenvalue weighted by Crippen LogP contribution is -2.30. The third-order valence-electron chi connectivity index (χ3n) is 3.53. The van der Waals surface area contributed by atoms with Gasteiger partial charge in [-0.1, -0.05) is 23.8 Å². The Hall–Kier alpha value is -3.33. The van der Waals surface area contributed by atoms with Crippen LogP contribution in [0.1, 0.15) is 24.5 Å². The maximum absolute atomic E-state index is 12.1. The van der Waals surface area contributed by atoms with E-state index in [4.69, 9.17) is 14.7 Å². The highest BCUT2D eigenvalue weighted by Gasteiger charge is 2.18. The zero-order valence-electron chi connectivity index (χ0n) is 14.7. The molecule has 0 aromatic heterocycles. The number of nitrogens with one attached hydrogen (secondary N) is 1. The number of hydrogen-bond acceptors (Lipinski definition) is 5. The molecule has 2 aromatic carbocycles. The van der Waals surface area contributed by atoms with E-state index in [1.807, 2.05) is 37.3 Å². The van der Waals surface area contributed by atoms with Crippen LogP contribution in [0.5, 0.6) is 5.75 Å². The molecular weight excluding hydrogens is 332 g/mol. The molecule has 6 heteroatoms. The molecule has 0 saturated carbocycles. The van der Waals surface area contributed by atoms with Crippen molar-refractivity contribution in [1.29, 1.82) is 5.26 Å². The van der Waals surface area contributed by atoms with Crippen LogP contribution in [0.15, 0.2) is 48.5 Å². The fourth-order valence-electron chi connectivity index (χ4n) is 2.11. The van der Waals surface area contributed by atoms with Crippen molar-refractivity contribution >= 4 is 17.6 Å². The highest BCUT2D eigenvalue weighted by Crippen LogP contribution is 2.12. The third-order valence-corrected chi connectivity index (χ3v) is 3.53. The van der Waals surface area contributed by atoms with Crippen LogP contribution in [0.4, 0.5) is 5.69 Å². The lowest BCUT2D eigenvalue weighted by Gasteiger charge is -2.14. The average Bonchev–Trinajstić information content (AvgIpc) is 2.63. The van der Waals surface area contributed by atoms with Crippen LogP contribution in [-0.2, 0) is 14.3 Å². The first-order valence-electron chi connectivity index (χ1n) is 8.18. The quantitative estimate of drug-likeness (QED) is 0.773. The van der Waals surface area contributed by atoms with Gasteiger partial charge in [-0.25, -0.2) is 0 Å². The van der Waals surface area contributed by atoms with Crippen LogP contribution < -0.4 is 10.1 Å². The first-order chi connectivity index (χ1) is 12.5. The zero-order valence-corrected chi connectivity index (χ0v) is 14.7. The number of hydrogen-bond donors (Lipinski definition) is 1. The molecule has 1 amide bonds. The van der Waals surface area contributed by atoms with Crippen LogP contribution in [0.3, 0.4) is 0 Å². The normalized spacial score (nSPS) is 11.1. The SMILES string of the molecule is Cc1ccc(OCCC(=O)O[C@H](C)C(=O)Nc2cccc(C#N)c2)cc1. The number of nitriles is 1. The molecular formula is C20H20N2O4. The summed E-state index contributed by atoms with van der Waals surface area (Å²) >= 11 is 0. The number of carbonyl (C=O) groups excluding carboxylic acids is 2. The lowest BCUT2D eigenvalue weighted by atomic mass is 10.2. The van der Waals surface area contributed by atoms with Gasteiger partial charge in [0.05, 0.1) is 24.7 Å². The Labute approximate surface area is 152 Å². The monoisotopic (exact) mass is 352 g/mol. The van der Waals surface area contributed by atoms with E-state index in [1.54, 1.807) is 24.3 Å². The molecule has 0 aliphatic rings. The summed E-state index contributed by atoms with van der Waals surface area (Å²) in [5.41, 5.74) is 2.03. The Morgan fingerprint density at radius 3 is 2.62 bits per heavy atom. The summed E-state index contributed by atoms with van der Waals surface area (Å²) in [4.78, 5) is 23.9. The van der Waals surface area contributed by atoms with Crippen LogP contribution >= 0.6 is 0 Å². The minimum atomic E-state index is -0.951. The molecule has 6 nitrogen and oxygen atoms in total. The number of benzene rings is 2. The van der Waals surface area contributed by atoms with Gasteiger partial charge < -0.3 is 14.8 Å². The Kier molecular flexibility index (Phi) is 6.75. The molecule has 0 saturated heterocycles. The standard InChI is InChI=1S/C20H20N2O4/c1-14-6-8-18(9-7-14)25-11-10-19(23)26-15(2)20(24)22-17-5-3-4-16(12-17)13-21/h3-9,12,15H,10-11H2,1-2H3,(H,22,24)/t15-/m1/s1. The summed E-state index contributed by atoms with van der Waals surface area (Å²) in [5.74, 6) is -0.315. The number of anilines is 1. The van der Waals surface area contributed by atoms with Crippen LogP contribution in [0, 0.1) is 18.3 Å². The number of amides is 1. The van der Waals surface area contributed by atoms with Gasteiger partial charge in [-0.2, -0.15) is 5.26 Å². The van der Waals surface area contributed by atoms with Gasteiger partial charge in [-0.05, 0) is 44.2 Å². The lowest BCUT2D eigenvalue weighted by molar-refractivity contribution is -0.153. The zero-order chi connectivity index (χ0) is 18.9. The first-order valence-corrected chi connectivity index (χ1v) is 8.18. The summed E-state index contributed by atoms with van der Waals surface area (Å²) in [6, 6.07) is 16.0. The van der Waals surface area contributed by atoms with E-state index in [0.29, 0.717) is 17.0 Å². The maximum Gasteiger partial charge on any atom is 0.310 e. The van der Waals surface area contributed by atoms with E-state index in [2.05, 4.69) is 5.32 Å².